The summed E-state index contributed by atoms with van der Waals surface area (Å²) in [7, 11) is 0. The Morgan fingerprint density at radius 3 is 2.00 bits per heavy atom. The molecule has 0 saturated heterocycles. The van der Waals surface area contributed by atoms with Crippen molar-refractivity contribution in [1.29, 1.82) is 0 Å². The molecule has 3 nitrogen and oxygen atoms in total. The van der Waals surface area contributed by atoms with Crippen molar-refractivity contribution in [3.05, 3.63) is 0 Å². The van der Waals surface area contributed by atoms with Crippen LogP contribution in [-0.2, 0) is 11.1 Å². The summed E-state index contributed by atoms with van der Waals surface area (Å²) in [5.74, 6) is 0. The van der Waals surface area contributed by atoms with Crippen LogP contribution in [0.3, 0.4) is 0 Å². The van der Waals surface area contributed by atoms with Gasteiger partial charge in [0.1, 0.15) is 0 Å². The third-order valence-corrected chi connectivity index (χ3v) is 0.917. The van der Waals surface area contributed by atoms with Crippen molar-refractivity contribution in [2.24, 2.45) is 0 Å². The summed E-state index contributed by atoms with van der Waals surface area (Å²) in [4.78, 5) is 9.46. The molecule has 1 N–H and O–H groups in total. The zero-order valence-electron chi connectivity index (χ0n) is 2.62. The number of hydrogen-bond donors (Lipinski definition) is 2. The van der Waals surface area contributed by atoms with Crippen molar-refractivity contribution in [1.82, 2.24) is 0 Å². The molecule has 0 heterocycles. The van der Waals surface area contributed by atoms with E-state index in [4.69, 9.17) is 4.55 Å². The molecular weight excluding hydrogens is 124 g/mol. The van der Waals surface area contributed by atoms with Gasteiger partial charge < -0.3 is 0 Å². The highest BCUT2D eigenvalue weighted by atomic mass is 32.2. The third kappa shape index (κ3) is 2.37. The normalized spacial score (nSPS) is 13.7. The van der Waals surface area contributed by atoms with Gasteiger partial charge in [-0.1, -0.05) is 12.6 Å². The second-order valence-electron chi connectivity index (χ2n) is 0.515. The molecule has 0 rings (SSSR count). The van der Waals surface area contributed by atoms with E-state index < -0.39 is 15.5 Å². The highest BCUT2D eigenvalue weighted by Crippen LogP contribution is 1.83. The lowest BCUT2D eigenvalue weighted by Crippen LogP contribution is -1.91. The van der Waals surface area contributed by atoms with Crippen LogP contribution in [0.2, 0.25) is 0 Å². The second kappa shape index (κ2) is 2.33. The van der Waals surface area contributed by atoms with Crippen molar-refractivity contribution in [2.45, 2.75) is 0 Å². The summed E-state index contributed by atoms with van der Waals surface area (Å²) in [5.41, 5.74) is 0. The molecule has 1 atom stereocenters. The molecular formula is CH2O3S2. The monoisotopic (exact) mass is 126 g/mol. The van der Waals surface area contributed by atoms with E-state index in [1.54, 1.807) is 0 Å². The number of carbonyl (C=O) groups excluding carboxylic acids is 1. The highest BCUT2D eigenvalue weighted by molar-refractivity contribution is 8.22. The van der Waals surface area contributed by atoms with Gasteiger partial charge in [-0.2, -0.15) is 0 Å². The van der Waals surface area contributed by atoms with Crippen molar-refractivity contribution >= 4 is 28.2 Å². The van der Waals surface area contributed by atoms with E-state index in [0.717, 1.165) is 0 Å². The lowest BCUT2D eigenvalue weighted by molar-refractivity contribution is 0.274. The Bertz CT molecular complexity index is 74.8. The molecule has 0 spiro atoms. The summed E-state index contributed by atoms with van der Waals surface area (Å²) < 4.78 is 16.0. The minimum Gasteiger partial charge on any atom is -0.299 e. The quantitative estimate of drug-likeness (QED) is 0.361. The van der Waals surface area contributed by atoms with Crippen LogP contribution in [-0.4, -0.2) is 13.2 Å². The average Bonchev–Trinajstić information content (AvgIpc) is 1.36. The Balaban J connectivity index is 3.57. The minimum absolute atomic E-state index is 1.02. The molecule has 5 heteroatoms. The fourth-order valence-electron chi connectivity index (χ4n) is 0. The number of thiol groups is 1. The molecule has 0 saturated carbocycles. The van der Waals surface area contributed by atoms with Gasteiger partial charge in [0, 0.05) is 0 Å². The standard InChI is InChI=1S/CH2O3S2/c2-1(5)6(3)4/h(H,2,5)(H,3,4). The Morgan fingerprint density at radius 2 is 2.00 bits per heavy atom. The summed E-state index contributed by atoms with van der Waals surface area (Å²) in [6, 6.07) is 0. The molecule has 0 aromatic heterocycles. The van der Waals surface area contributed by atoms with Crippen LogP contribution in [0.1, 0.15) is 0 Å². The average molecular weight is 126 g/mol. The van der Waals surface area contributed by atoms with E-state index in [-0.39, 0.29) is 0 Å². The Hall–Kier alpha value is 0.130. The van der Waals surface area contributed by atoms with Crippen LogP contribution < -0.4 is 0 Å². The molecule has 36 valence electrons. The van der Waals surface area contributed by atoms with Crippen LogP contribution in [0.4, 0.5) is 4.79 Å². The molecule has 6 heavy (non-hydrogen) atoms. The van der Waals surface area contributed by atoms with E-state index in [0.29, 0.717) is 0 Å². The summed E-state index contributed by atoms with van der Waals surface area (Å²) >= 11 is 0.612. The molecule has 0 aliphatic rings. The maximum absolute atomic E-state index is 9.46. The molecule has 0 aliphatic heterocycles. The Morgan fingerprint density at radius 1 is 1.83 bits per heavy atom. The first-order valence-corrected chi connectivity index (χ1v) is 2.54. The van der Waals surface area contributed by atoms with Gasteiger partial charge in [0.2, 0.25) is 11.1 Å². The Labute approximate surface area is 42.4 Å². The van der Waals surface area contributed by atoms with Gasteiger partial charge in [-0.05, 0) is 0 Å². The van der Waals surface area contributed by atoms with Crippen molar-refractivity contribution in [2.75, 3.05) is 0 Å². The predicted octanol–water partition coefficient (Wildman–Crippen LogP) is 0.258. The Kier molecular flexibility index (Phi) is 2.38. The van der Waals surface area contributed by atoms with Gasteiger partial charge in [0.15, 0.2) is 0 Å². The van der Waals surface area contributed by atoms with Crippen molar-refractivity contribution < 1.29 is 13.6 Å². The van der Waals surface area contributed by atoms with E-state index in [2.05, 4.69) is 12.6 Å². The number of hydrogen-bond acceptors (Lipinski definition) is 2. The van der Waals surface area contributed by atoms with E-state index >= 15 is 0 Å². The van der Waals surface area contributed by atoms with Gasteiger partial charge in [-0.25, -0.2) is 4.21 Å². The summed E-state index contributed by atoms with van der Waals surface area (Å²) in [6.45, 7) is 0. The SMILES string of the molecule is O=C(S)S(=O)O. The summed E-state index contributed by atoms with van der Waals surface area (Å²) in [6.07, 6.45) is 0. The summed E-state index contributed by atoms with van der Waals surface area (Å²) in [5, 5.41) is 0. The molecule has 0 aliphatic carbocycles. The number of rotatable bonds is 0. The maximum atomic E-state index is 9.46. The second-order valence-corrected chi connectivity index (χ2v) is 2.09. The van der Waals surface area contributed by atoms with Crippen LogP contribution in [0, 0.1) is 0 Å². The maximum Gasteiger partial charge on any atom is 0.299 e. The highest BCUT2D eigenvalue weighted by Gasteiger charge is 1.96. The first-order chi connectivity index (χ1) is 2.64. The van der Waals surface area contributed by atoms with Crippen molar-refractivity contribution in [3.63, 3.8) is 0 Å². The zero-order valence-corrected chi connectivity index (χ0v) is 4.33. The minimum atomic E-state index is -2.39. The van der Waals surface area contributed by atoms with Crippen molar-refractivity contribution in [3.8, 4) is 0 Å². The van der Waals surface area contributed by atoms with Gasteiger partial charge in [-0.15, -0.1) is 0 Å². The van der Waals surface area contributed by atoms with Crippen LogP contribution in [0.25, 0.3) is 0 Å². The van der Waals surface area contributed by atoms with Crippen LogP contribution >= 0.6 is 12.6 Å². The molecule has 0 aromatic carbocycles. The van der Waals surface area contributed by atoms with Gasteiger partial charge in [-0.3, -0.25) is 9.35 Å². The topological polar surface area (TPSA) is 54.4 Å². The lowest BCUT2D eigenvalue weighted by atomic mass is 11.8. The first-order valence-electron chi connectivity index (χ1n) is 0.981. The molecule has 1 unspecified atom stereocenters. The van der Waals surface area contributed by atoms with Crippen LogP contribution in [0.5, 0.6) is 0 Å². The van der Waals surface area contributed by atoms with Gasteiger partial charge in [0.25, 0.3) is 4.45 Å². The molecule has 0 aromatic rings. The van der Waals surface area contributed by atoms with Crippen LogP contribution in [0.15, 0.2) is 0 Å². The molecule has 0 bridgehead atoms. The van der Waals surface area contributed by atoms with E-state index in [1.165, 1.54) is 0 Å². The van der Waals surface area contributed by atoms with E-state index in [1.807, 2.05) is 0 Å². The number of carbonyl (C=O) groups is 1. The van der Waals surface area contributed by atoms with E-state index in [9.17, 15) is 9.00 Å². The fraction of sp³-hybridized carbons (Fsp3) is 0. The predicted molar refractivity (Wildman–Crippen MR) is 25.2 cm³/mol. The molecule has 0 fully saturated rings. The first kappa shape index (κ1) is 6.13. The van der Waals surface area contributed by atoms with Gasteiger partial charge in [0.05, 0.1) is 0 Å². The zero-order chi connectivity index (χ0) is 5.15. The smallest absolute Gasteiger partial charge is 0.299 e. The molecule has 0 radical (unpaired) electrons. The lowest BCUT2D eigenvalue weighted by Gasteiger charge is -1.73. The molecule has 0 amide bonds. The fourth-order valence-corrected chi connectivity index (χ4v) is 0. The van der Waals surface area contributed by atoms with Gasteiger partial charge >= 0.3 is 0 Å². The largest absolute Gasteiger partial charge is 0.299 e. The third-order valence-electron chi connectivity index (χ3n) is 0.149.